The van der Waals surface area contributed by atoms with Crippen molar-refractivity contribution < 1.29 is 4.79 Å². The normalized spacial score (nSPS) is 8.30. The van der Waals surface area contributed by atoms with E-state index in [1.165, 1.54) is 0 Å². The summed E-state index contributed by atoms with van der Waals surface area (Å²) in [6.45, 7) is 0. The predicted octanol–water partition coefficient (Wildman–Crippen LogP) is 1.13. The molecule has 1 aromatic rings. The van der Waals surface area contributed by atoms with Gasteiger partial charge in [-0.05, 0) is 24.3 Å². The molecule has 1 heteroatoms. The smallest absolute Gasteiger partial charge is 0.233 e. The summed E-state index contributed by atoms with van der Waals surface area (Å²) in [5, 5.41) is 0. The van der Waals surface area contributed by atoms with Crippen LogP contribution in [0.3, 0.4) is 0 Å². The monoisotopic (exact) mass is 129 g/mol. The molecule has 0 aliphatic rings. The fraction of sp³-hybridized carbons (Fsp3) is 0. The minimum atomic E-state index is 0.527. The van der Waals surface area contributed by atoms with E-state index in [9.17, 15) is 4.79 Å². The zero-order valence-electron chi connectivity index (χ0n) is 5.29. The first kappa shape index (κ1) is 6.57. The number of benzene rings is 1. The summed E-state index contributed by atoms with van der Waals surface area (Å²) in [4.78, 5) is 10.0. The van der Waals surface area contributed by atoms with E-state index in [2.05, 4.69) is 5.92 Å². The first-order chi connectivity index (χ1) is 4.86. The summed E-state index contributed by atoms with van der Waals surface area (Å²) in [6.07, 6.45) is 6.85. The van der Waals surface area contributed by atoms with E-state index in [0.717, 1.165) is 5.56 Å². The van der Waals surface area contributed by atoms with E-state index >= 15 is 0 Å². The molecular formula is C9H5O. The van der Waals surface area contributed by atoms with Crippen molar-refractivity contribution in [2.75, 3.05) is 0 Å². The molecule has 0 N–H and O–H groups in total. The van der Waals surface area contributed by atoms with Crippen molar-refractivity contribution in [3.05, 3.63) is 35.4 Å². The Hall–Kier alpha value is -1.55. The average molecular weight is 129 g/mol. The highest BCUT2D eigenvalue weighted by atomic mass is 16.1. The Kier molecular flexibility index (Phi) is 1.86. The van der Waals surface area contributed by atoms with Gasteiger partial charge in [0.25, 0.3) is 0 Å². The Morgan fingerprint density at radius 1 is 1.10 bits per heavy atom. The summed E-state index contributed by atoms with van der Waals surface area (Å²) in [5.74, 6) is 2.45. The van der Waals surface area contributed by atoms with Crippen LogP contribution >= 0.6 is 0 Å². The first-order valence-electron chi connectivity index (χ1n) is 2.81. The molecule has 0 aliphatic carbocycles. The molecule has 0 atom stereocenters. The minimum absolute atomic E-state index is 0.527. The van der Waals surface area contributed by atoms with Crippen molar-refractivity contribution >= 4 is 6.29 Å². The van der Waals surface area contributed by atoms with Crippen LogP contribution in [-0.4, -0.2) is 6.29 Å². The van der Waals surface area contributed by atoms with Crippen LogP contribution in [0.4, 0.5) is 0 Å². The van der Waals surface area contributed by atoms with Crippen molar-refractivity contribution in [1.82, 2.24) is 0 Å². The highest BCUT2D eigenvalue weighted by Crippen LogP contribution is 1.99. The number of terminal acetylenes is 1. The van der Waals surface area contributed by atoms with Crippen molar-refractivity contribution in [3.63, 3.8) is 0 Å². The second-order valence-corrected chi connectivity index (χ2v) is 1.82. The van der Waals surface area contributed by atoms with Gasteiger partial charge in [0, 0.05) is 11.1 Å². The second-order valence-electron chi connectivity index (χ2n) is 1.82. The first-order valence-corrected chi connectivity index (χ1v) is 2.81. The van der Waals surface area contributed by atoms with Gasteiger partial charge in [-0.2, -0.15) is 0 Å². The van der Waals surface area contributed by atoms with Gasteiger partial charge in [-0.3, -0.25) is 4.79 Å². The molecule has 0 saturated carbocycles. The van der Waals surface area contributed by atoms with Gasteiger partial charge in [0.1, 0.15) is 0 Å². The molecule has 10 heavy (non-hydrogen) atoms. The van der Waals surface area contributed by atoms with E-state index in [1.54, 1.807) is 30.6 Å². The molecule has 0 unspecified atom stereocenters. The highest BCUT2D eigenvalue weighted by molar-refractivity contribution is 5.75. The van der Waals surface area contributed by atoms with Crippen molar-refractivity contribution in [1.29, 1.82) is 0 Å². The van der Waals surface area contributed by atoms with Gasteiger partial charge < -0.3 is 0 Å². The molecule has 0 fully saturated rings. The van der Waals surface area contributed by atoms with Crippen LogP contribution in [0.2, 0.25) is 0 Å². The Morgan fingerprint density at radius 3 is 2.00 bits per heavy atom. The Bertz CT molecular complexity index is 264. The van der Waals surface area contributed by atoms with Gasteiger partial charge in [0.05, 0.1) is 0 Å². The predicted molar refractivity (Wildman–Crippen MR) is 39.2 cm³/mol. The summed E-state index contributed by atoms with van der Waals surface area (Å²) in [6, 6.07) is 6.70. The molecule has 0 heterocycles. The second kappa shape index (κ2) is 2.84. The van der Waals surface area contributed by atoms with Crippen LogP contribution in [0.25, 0.3) is 0 Å². The maximum absolute atomic E-state index is 10.0. The lowest BCUT2D eigenvalue weighted by Gasteiger charge is -1.88. The maximum Gasteiger partial charge on any atom is 0.233 e. The molecule has 1 radical (unpaired) electrons. The van der Waals surface area contributed by atoms with Crippen LogP contribution in [-0.2, 0) is 4.79 Å². The molecule has 0 spiro atoms. The molecule has 1 nitrogen and oxygen atoms in total. The molecule has 47 valence electrons. The van der Waals surface area contributed by atoms with Crippen molar-refractivity contribution in [2.24, 2.45) is 0 Å². The van der Waals surface area contributed by atoms with E-state index in [1.807, 2.05) is 0 Å². The van der Waals surface area contributed by atoms with Gasteiger partial charge in [0.2, 0.25) is 6.29 Å². The maximum atomic E-state index is 10.0. The SMILES string of the molecule is C#Cc1ccc([C]=O)cc1. The number of hydrogen-bond acceptors (Lipinski definition) is 1. The average Bonchev–Trinajstić information content (AvgIpc) is 2.05. The fourth-order valence-electron chi connectivity index (χ4n) is 0.634. The van der Waals surface area contributed by atoms with Crippen LogP contribution in [0.15, 0.2) is 24.3 Å². The third kappa shape index (κ3) is 1.24. The van der Waals surface area contributed by atoms with Crippen LogP contribution in [0.5, 0.6) is 0 Å². The number of carbonyl (C=O) groups excluding carboxylic acids is 1. The summed E-state index contributed by atoms with van der Waals surface area (Å²) in [7, 11) is 0. The molecular weight excluding hydrogens is 124 g/mol. The van der Waals surface area contributed by atoms with E-state index in [-0.39, 0.29) is 0 Å². The lowest BCUT2D eigenvalue weighted by Crippen LogP contribution is -1.79. The largest absolute Gasteiger partial charge is 0.285 e. The Balaban J connectivity index is 3.04. The third-order valence-electron chi connectivity index (χ3n) is 1.17. The zero-order valence-corrected chi connectivity index (χ0v) is 5.29. The molecule has 0 amide bonds. The van der Waals surface area contributed by atoms with Gasteiger partial charge in [-0.1, -0.05) is 5.92 Å². The fourth-order valence-corrected chi connectivity index (χ4v) is 0.634. The van der Waals surface area contributed by atoms with Crippen LogP contribution < -0.4 is 0 Å². The molecule has 1 aromatic carbocycles. The highest BCUT2D eigenvalue weighted by Gasteiger charge is 1.88. The number of hydrogen-bond donors (Lipinski definition) is 0. The molecule has 1 rings (SSSR count). The quantitative estimate of drug-likeness (QED) is 0.519. The van der Waals surface area contributed by atoms with E-state index in [0.29, 0.717) is 5.56 Å². The summed E-state index contributed by atoms with van der Waals surface area (Å²) >= 11 is 0. The van der Waals surface area contributed by atoms with E-state index in [4.69, 9.17) is 6.42 Å². The topological polar surface area (TPSA) is 17.1 Å². The standard InChI is InChI=1S/C9H5O/c1-2-8-3-5-9(7-10)6-4-8/h1,3-6H. The zero-order chi connectivity index (χ0) is 7.40. The molecule has 0 aromatic heterocycles. The molecule has 0 saturated heterocycles. The Labute approximate surface area is 59.7 Å². The summed E-state index contributed by atoms with van der Waals surface area (Å²) in [5.41, 5.74) is 1.30. The van der Waals surface area contributed by atoms with Gasteiger partial charge in [0.15, 0.2) is 0 Å². The molecule has 0 aliphatic heterocycles. The van der Waals surface area contributed by atoms with Gasteiger partial charge >= 0.3 is 0 Å². The Morgan fingerprint density at radius 2 is 1.60 bits per heavy atom. The third-order valence-corrected chi connectivity index (χ3v) is 1.17. The van der Waals surface area contributed by atoms with Crippen LogP contribution in [0, 0.1) is 12.3 Å². The lowest BCUT2D eigenvalue weighted by atomic mass is 10.2. The lowest BCUT2D eigenvalue weighted by molar-refractivity contribution is 0.563. The van der Waals surface area contributed by atoms with Crippen LogP contribution in [0.1, 0.15) is 11.1 Å². The van der Waals surface area contributed by atoms with Crippen molar-refractivity contribution in [2.45, 2.75) is 0 Å². The molecule has 0 bridgehead atoms. The van der Waals surface area contributed by atoms with Gasteiger partial charge in [-0.15, -0.1) is 6.42 Å². The van der Waals surface area contributed by atoms with E-state index < -0.39 is 0 Å². The van der Waals surface area contributed by atoms with Gasteiger partial charge in [-0.25, -0.2) is 0 Å². The number of rotatable bonds is 1. The summed E-state index contributed by atoms with van der Waals surface area (Å²) < 4.78 is 0. The van der Waals surface area contributed by atoms with Crippen molar-refractivity contribution in [3.8, 4) is 12.3 Å². The minimum Gasteiger partial charge on any atom is -0.285 e.